The number of rotatable bonds is 6. The van der Waals surface area contributed by atoms with Gasteiger partial charge in [0.2, 0.25) is 5.91 Å². The number of likely N-dealkylation sites (N-methyl/N-ethyl adjacent to an activating group) is 1. The summed E-state index contributed by atoms with van der Waals surface area (Å²) in [5, 5.41) is 0.518. The molecule has 0 saturated carbocycles. The highest BCUT2D eigenvalue weighted by atomic mass is 35.5. The highest BCUT2D eigenvalue weighted by Crippen LogP contribution is 2.24. The number of esters is 1. The van der Waals surface area contributed by atoms with Crippen LogP contribution in [0.4, 0.5) is 8.78 Å². The number of nitrogens with zero attached hydrogens (tertiary/aromatic N) is 1. The molecule has 27 heavy (non-hydrogen) atoms. The number of hydrogen-bond donors (Lipinski definition) is 0. The van der Waals surface area contributed by atoms with E-state index in [1.54, 1.807) is 31.2 Å². The van der Waals surface area contributed by atoms with E-state index in [-0.39, 0.29) is 12.2 Å². The van der Waals surface area contributed by atoms with Crippen LogP contribution in [0.15, 0.2) is 48.5 Å². The first-order chi connectivity index (χ1) is 12.8. The molecule has 0 spiro atoms. The van der Waals surface area contributed by atoms with Gasteiger partial charge in [-0.15, -0.1) is 0 Å². The van der Waals surface area contributed by atoms with Gasteiger partial charge < -0.3 is 9.64 Å². The van der Waals surface area contributed by atoms with Crippen molar-refractivity contribution >= 4 is 29.6 Å². The first-order valence-corrected chi connectivity index (χ1v) is 8.53. The molecule has 0 aliphatic heterocycles. The molecule has 4 nitrogen and oxygen atoms in total. The van der Waals surface area contributed by atoms with Crippen LogP contribution in [0.1, 0.15) is 24.1 Å². The van der Waals surface area contributed by atoms with E-state index in [0.29, 0.717) is 10.6 Å². The molecular formula is C20H18ClF2NO3. The molecule has 0 saturated heterocycles. The van der Waals surface area contributed by atoms with Gasteiger partial charge in [0.1, 0.15) is 0 Å². The van der Waals surface area contributed by atoms with Crippen LogP contribution in [-0.2, 0) is 14.3 Å². The van der Waals surface area contributed by atoms with Crippen molar-refractivity contribution < 1.29 is 23.1 Å². The van der Waals surface area contributed by atoms with Crippen molar-refractivity contribution in [1.82, 2.24) is 4.90 Å². The molecule has 2 aromatic carbocycles. The topological polar surface area (TPSA) is 46.6 Å². The van der Waals surface area contributed by atoms with Crippen LogP contribution in [0.2, 0.25) is 5.02 Å². The maximum atomic E-state index is 13.6. The second kappa shape index (κ2) is 9.28. The van der Waals surface area contributed by atoms with Gasteiger partial charge in [-0.05, 0) is 48.4 Å². The van der Waals surface area contributed by atoms with Gasteiger partial charge in [-0.2, -0.15) is 0 Å². The van der Waals surface area contributed by atoms with Crippen molar-refractivity contribution in [2.24, 2.45) is 0 Å². The monoisotopic (exact) mass is 393 g/mol. The fourth-order valence-electron chi connectivity index (χ4n) is 2.44. The number of hydrogen-bond acceptors (Lipinski definition) is 3. The van der Waals surface area contributed by atoms with E-state index in [1.165, 1.54) is 25.3 Å². The number of benzene rings is 2. The van der Waals surface area contributed by atoms with Crippen LogP contribution in [0.5, 0.6) is 0 Å². The molecule has 1 atom stereocenters. The van der Waals surface area contributed by atoms with Crippen molar-refractivity contribution in [2.45, 2.75) is 13.0 Å². The molecule has 7 heteroatoms. The lowest BCUT2D eigenvalue weighted by atomic mass is 10.0. The lowest BCUT2D eigenvalue weighted by Gasteiger charge is -2.26. The molecule has 2 aromatic rings. The van der Waals surface area contributed by atoms with Crippen molar-refractivity contribution in [1.29, 1.82) is 0 Å². The van der Waals surface area contributed by atoms with Gasteiger partial charge in [-0.25, -0.2) is 13.6 Å². The Balaban J connectivity index is 2.29. The number of carbonyl (C=O) groups is 2. The zero-order valence-corrected chi connectivity index (χ0v) is 15.5. The van der Waals surface area contributed by atoms with E-state index in [0.717, 1.165) is 17.0 Å². The summed E-state index contributed by atoms with van der Waals surface area (Å²) >= 11 is 5.90. The van der Waals surface area contributed by atoms with Gasteiger partial charge in [0, 0.05) is 18.1 Å². The molecule has 142 valence electrons. The minimum atomic E-state index is -1.21. The van der Waals surface area contributed by atoms with E-state index in [2.05, 4.69) is 0 Å². The van der Waals surface area contributed by atoms with Crippen LogP contribution < -0.4 is 0 Å². The molecule has 1 amide bonds. The second-order valence-electron chi connectivity index (χ2n) is 5.67. The van der Waals surface area contributed by atoms with Gasteiger partial charge in [0.25, 0.3) is 0 Å². The highest BCUT2D eigenvalue weighted by molar-refractivity contribution is 6.30. The van der Waals surface area contributed by atoms with Crippen LogP contribution in [-0.4, -0.2) is 30.4 Å². The summed E-state index contributed by atoms with van der Waals surface area (Å²) in [6.07, 6.45) is 2.80. The predicted octanol–water partition coefficient (Wildman–Crippen LogP) is 4.39. The third-order valence-electron chi connectivity index (χ3n) is 3.77. The average Bonchev–Trinajstić information content (AvgIpc) is 2.63. The molecule has 0 radical (unpaired) electrons. The van der Waals surface area contributed by atoms with Crippen molar-refractivity contribution in [3.8, 4) is 0 Å². The Bertz CT molecular complexity index is 870. The Hall–Kier alpha value is -2.73. The largest absolute Gasteiger partial charge is 0.464 e. The third kappa shape index (κ3) is 5.37. The molecule has 2 rings (SSSR count). The van der Waals surface area contributed by atoms with Crippen molar-refractivity contribution in [3.05, 3.63) is 76.3 Å². The maximum absolute atomic E-state index is 13.6. The van der Waals surface area contributed by atoms with Gasteiger partial charge in [-0.1, -0.05) is 29.8 Å². The fourth-order valence-corrected chi connectivity index (χ4v) is 2.64. The zero-order chi connectivity index (χ0) is 20.0. The normalized spacial score (nSPS) is 12.0. The summed E-state index contributed by atoms with van der Waals surface area (Å²) in [6, 6.07) is 8.67. The number of halogens is 3. The summed E-state index contributed by atoms with van der Waals surface area (Å²) in [7, 11) is 1.38. The lowest BCUT2D eigenvalue weighted by molar-refractivity contribution is -0.152. The molecule has 0 fully saturated rings. The Morgan fingerprint density at radius 1 is 1.19 bits per heavy atom. The van der Waals surface area contributed by atoms with Gasteiger partial charge in [0.05, 0.1) is 6.61 Å². The number of ether oxygens (including phenoxy) is 1. The minimum absolute atomic E-state index is 0.0827. The molecule has 0 N–H and O–H groups in total. The molecule has 0 aromatic heterocycles. The van der Waals surface area contributed by atoms with Gasteiger partial charge >= 0.3 is 5.97 Å². The van der Waals surface area contributed by atoms with Crippen LogP contribution >= 0.6 is 11.6 Å². The Morgan fingerprint density at radius 2 is 1.93 bits per heavy atom. The first-order valence-electron chi connectivity index (χ1n) is 8.15. The SMILES string of the molecule is CCOC(=O)[C@@H](c1ccc(F)c(F)c1)N(C)C(=O)/C=C\c1cccc(Cl)c1. The Labute approximate surface area is 161 Å². The molecule has 0 aliphatic rings. The van der Waals surface area contributed by atoms with Crippen molar-refractivity contribution in [2.75, 3.05) is 13.7 Å². The third-order valence-corrected chi connectivity index (χ3v) is 4.01. The highest BCUT2D eigenvalue weighted by Gasteiger charge is 2.29. The minimum Gasteiger partial charge on any atom is -0.464 e. The quantitative estimate of drug-likeness (QED) is 0.540. The van der Waals surface area contributed by atoms with Crippen molar-refractivity contribution in [3.63, 3.8) is 0 Å². The second-order valence-corrected chi connectivity index (χ2v) is 6.10. The summed E-state index contributed by atoms with van der Waals surface area (Å²) < 4.78 is 31.8. The van der Waals surface area contributed by atoms with E-state index in [4.69, 9.17) is 16.3 Å². The number of amides is 1. The summed E-state index contributed by atoms with van der Waals surface area (Å²) in [5.41, 5.74) is 0.809. The first kappa shape index (κ1) is 20.6. The molecule has 0 bridgehead atoms. The van der Waals surface area contributed by atoms with E-state index < -0.39 is 29.6 Å². The summed E-state index contributed by atoms with van der Waals surface area (Å²) in [6.45, 7) is 1.69. The summed E-state index contributed by atoms with van der Waals surface area (Å²) in [5.74, 6) is -3.42. The van der Waals surface area contributed by atoms with Gasteiger partial charge in [-0.3, -0.25) is 4.79 Å². The van der Waals surface area contributed by atoms with E-state index in [1.807, 2.05) is 0 Å². The molecular weight excluding hydrogens is 376 g/mol. The lowest BCUT2D eigenvalue weighted by Crippen LogP contribution is -2.36. The van der Waals surface area contributed by atoms with Crippen LogP contribution in [0.25, 0.3) is 6.08 Å². The van der Waals surface area contributed by atoms with E-state index >= 15 is 0 Å². The van der Waals surface area contributed by atoms with Crippen LogP contribution in [0, 0.1) is 11.6 Å². The molecule has 0 aliphatic carbocycles. The molecule has 0 unspecified atom stereocenters. The average molecular weight is 394 g/mol. The van der Waals surface area contributed by atoms with Crippen LogP contribution in [0.3, 0.4) is 0 Å². The number of carbonyl (C=O) groups excluding carboxylic acids is 2. The van der Waals surface area contributed by atoms with E-state index in [9.17, 15) is 18.4 Å². The maximum Gasteiger partial charge on any atom is 0.333 e. The Morgan fingerprint density at radius 3 is 2.56 bits per heavy atom. The fraction of sp³-hybridized carbons (Fsp3) is 0.200. The predicted molar refractivity (Wildman–Crippen MR) is 99.0 cm³/mol. The zero-order valence-electron chi connectivity index (χ0n) is 14.8. The smallest absolute Gasteiger partial charge is 0.333 e. The standard InChI is InChI=1S/C20H18ClF2NO3/c1-3-27-20(26)19(14-8-9-16(22)17(23)12-14)24(2)18(25)10-7-13-5-4-6-15(21)11-13/h4-12,19H,3H2,1-2H3/b10-7-/t19-/m1/s1. The summed E-state index contributed by atoms with van der Waals surface area (Å²) in [4.78, 5) is 25.9. The Kier molecular flexibility index (Phi) is 7.07. The molecule has 0 heterocycles. The van der Waals surface area contributed by atoms with Gasteiger partial charge in [0.15, 0.2) is 17.7 Å².